The molecule has 0 saturated carbocycles. The summed E-state index contributed by atoms with van der Waals surface area (Å²) in [4.78, 5) is 23.5. The Bertz CT molecular complexity index is 391. The van der Waals surface area contributed by atoms with Gasteiger partial charge in [-0.05, 0) is 19.9 Å². The van der Waals surface area contributed by atoms with Crippen molar-refractivity contribution in [2.75, 3.05) is 19.3 Å². The van der Waals surface area contributed by atoms with Crippen molar-refractivity contribution >= 4 is 21.9 Å². The molecule has 2 N–H and O–H groups in total. The third-order valence-corrected chi connectivity index (χ3v) is 3.73. The average molecular weight is 250 g/mol. The highest BCUT2D eigenvalue weighted by molar-refractivity contribution is 7.90. The van der Waals surface area contributed by atoms with Crippen LogP contribution in [0.2, 0.25) is 0 Å². The molecule has 0 spiro atoms. The quantitative estimate of drug-likeness (QED) is 0.639. The van der Waals surface area contributed by atoms with Crippen LogP contribution < -0.4 is 4.72 Å². The zero-order valence-electron chi connectivity index (χ0n) is 8.84. The van der Waals surface area contributed by atoms with Gasteiger partial charge < -0.3 is 10.0 Å². The normalized spacial score (nSPS) is 21.1. The summed E-state index contributed by atoms with van der Waals surface area (Å²) in [5.74, 6) is -2.46. The molecule has 0 aromatic carbocycles. The van der Waals surface area contributed by atoms with Gasteiger partial charge in [-0.1, -0.05) is 0 Å². The van der Waals surface area contributed by atoms with Gasteiger partial charge in [-0.15, -0.1) is 0 Å². The number of aliphatic carboxylic acids is 1. The summed E-state index contributed by atoms with van der Waals surface area (Å²) in [6, 6.07) is -0.889. The van der Waals surface area contributed by atoms with Crippen LogP contribution in [-0.4, -0.2) is 55.7 Å². The predicted molar refractivity (Wildman–Crippen MR) is 55.2 cm³/mol. The second-order valence-corrected chi connectivity index (χ2v) is 5.47. The Morgan fingerprint density at radius 3 is 2.62 bits per heavy atom. The zero-order valence-corrected chi connectivity index (χ0v) is 9.66. The molecule has 8 heteroatoms. The Balaban J connectivity index is 2.71. The highest BCUT2D eigenvalue weighted by Gasteiger charge is 2.35. The lowest BCUT2D eigenvalue weighted by Gasteiger charge is -2.21. The maximum Gasteiger partial charge on any atom is 0.326 e. The van der Waals surface area contributed by atoms with Crippen LogP contribution in [-0.2, 0) is 19.6 Å². The largest absolute Gasteiger partial charge is 0.480 e. The Labute approximate surface area is 93.5 Å². The lowest BCUT2D eigenvalue weighted by molar-refractivity contribution is -0.147. The molecule has 16 heavy (non-hydrogen) atoms. The molecule has 1 aliphatic heterocycles. The van der Waals surface area contributed by atoms with Crippen molar-refractivity contribution in [3.63, 3.8) is 0 Å². The molecule has 0 bridgehead atoms. The van der Waals surface area contributed by atoms with Crippen molar-refractivity contribution in [2.24, 2.45) is 0 Å². The minimum absolute atomic E-state index is 0.301. The highest BCUT2D eigenvalue weighted by atomic mass is 32.2. The third kappa shape index (κ3) is 2.92. The summed E-state index contributed by atoms with van der Waals surface area (Å²) in [5, 5.41) is 8.83. The molecule has 1 heterocycles. The standard InChI is InChI=1S/C8H14N2O5S/c1-9-16(14,15)5-7(11)10-4-2-3-6(10)8(12)13/h6,9H,2-5H2,1H3,(H,12,13)/t6-/m1/s1. The fraction of sp³-hybridized carbons (Fsp3) is 0.750. The smallest absolute Gasteiger partial charge is 0.326 e. The van der Waals surface area contributed by atoms with Crippen LogP contribution in [0.15, 0.2) is 0 Å². The number of rotatable bonds is 4. The number of carbonyl (C=O) groups excluding carboxylic acids is 1. The van der Waals surface area contributed by atoms with Gasteiger partial charge in [0.25, 0.3) is 0 Å². The van der Waals surface area contributed by atoms with E-state index in [1.807, 2.05) is 4.72 Å². The molecule has 1 rings (SSSR count). The van der Waals surface area contributed by atoms with Gasteiger partial charge in [0, 0.05) is 6.54 Å². The van der Waals surface area contributed by atoms with Crippen molar-refractivity contribution in [3.05, 3.63) is 0 Å². The number of carboxylic acid groups (broad SMARTS) is 1. The van der Waals surface area contributed by atoms with Crippen LogP contribution in [0.3, 0.4) is 0 Å². The van der Waals surface area contributed by atoms with Crippen LogP contribution >= 0.6 is 0 Å². The van der Waals surface area contributed by atoms with E-state index in [1.54, 1.807) is 0 Å². The minimum Gasteiger partial charge on any atom is -0.480 e. The van der Waals surface area contributed by atoms with Gasteiger partial charge in [0.05, 0.1) is 0 Å². The Hall–Kier alpha value is -1.15. The molecule has 1 amide bonds. The van der Waals surface area contributed by atoms with Gasteiger partial charge in [-0.2, -0.15) is 0 Å². The first-order valence-corrected chi connectivity index (χ1v) is 6.46. The van der Waals surface area contributed by atoms with Crippen molar-refractivity contribution in [1.29, 1.82) is 0 Å². The van der Waals surface area contributed by atoms with Crippen LogP contribution in [0.4, 0.5) is 0 Å². The molecule has 0 radical (unpaired) electrons. The summed E-state index contributed by atoms with van der Waals surface area (Å²) in [6.07, 6.45) is 0.961. The van der Waals surface area contributed by atoms with Crippen LogP contribution in [0.25, 0.3) is 0 Å². The second kappa shape index (κ2) is 4.79. The van der Waals surface area contributed by atoms with E-state index in [4.69, 9.17) is 5.11 Å². The number of nitrogens with one attached hydrogen (secondary N) is 1. The third-order valence-electron chi connectivity index (χ3n) is 2.48. The molecule has 0 aromatic heterocycles. The Kier molecular flexibility index (Phi) is 3.87. The van der Waals surface area contributed by atoms with Gasteiger partial charge in [-0.25, -0.2) is 17.9 Å². The van der Waals surface area contributed by atoms with Gasteiger partial charge in [0.1, 0.15) is 11.8 Å². The second-order valence-electron chi connectivity index (χ2n) is 3.55. The molecule has 0 unspecified atom stereocenters. The molecule has 0 aromatic rings. The number of sulfonamides is 1. The number of hydrogen-bond donors (Lipinski definition) is 2. The van der Waals surface area contributed by atoms with E-state index in [0.29, 0.717) is 19.4 Å². The van der Waals surface area contributed by atoms with Gasteiger partial charge in [0.15, 0.2) is 0 Å². The maximum absolute atomic E-state index is 11.6. The molecule has 92 valence electrons. The van der Waals surface area contributed by atoms with Gasteiger partial charge in [-0.3, -0.25) is 4.79 Å². The Morgan fingerprint density at radius 1 is 1.50 bits per heavy atom. The monoisotopic (exact) mass is 250 g/mol. The molecule has 7 nitrogen and oxygen atoms in total. The minimum atomic E-state index is -3.64. The van der Waals surface area contributed by atoms with E-state index in [0.717, 1.165) is 4.90 Å². The van der Waals surface area contributed by atoms with E-state index >= 15 is 0 Å². The van der Waals surface area contributed by atoms with Gasteiger partial charge >= 0.3 is 5.97 Å². The van der Waals surface area contributed by atoms with Gasteiger partial charge in [0.2, 0.25) is 15.9 Å². The predicted octanol–water partition coefficient (Wildman–Crippen LogP) is -1.39. The number of carboxylic acids is 1. The highest BCUT2D eigenvalue weighted by Crippen LogP contribution is 2.17. The van der Waals surface area contributed by atoms with E-state index in [1.165, 1.54) is 7.05 Å². The average Bonchev–Trinajstić information content (AvgIpc) is 2.65. The SMILES string of the molecule is CNS(=O)(=O)CC(=O)N1CCC[C@@H]1C(=O)O. The molecule has 1 saturated heterocycles. The van der Waals surface area contributed by atoms with Crippen LogP contribution in [0, 0.1) is 0 Å². The molecule has 1 fully saturated rings. The number of nitrogens with zero attached hydrogens (tertiary/aromatic N) is 1. The summed E-state index contributed by atoms with van der Waals surface area (Å²) < 4.78 is 24.3. The van der Waals surface area contributed by atoms with E-state index in [-0.39, 0.29) is 0 Å². The fourth-order valence-corrected chi connectivity index (χ4v) is 2.27. The summed E-state index contributed by atoms with van der Waals surface area (Å²) in [6.45, 7) is 0.301. The van der Waals surface area contributed by atoms with Crippen LogP contribution in [0.1, 0.15) is 12.8 Å². The number of hydrogen-bond acceptors (Lipinski definition) is 4. The summed E-state index contributed by atoms with van der Waals surface area (Å²) >= 11 is 0. The maximum atomic E-state index is 11.6. The molecular weight excluding hydrogens is 236 g/mol. The Morgan fingerprint density at radius 2 is 2.12 bits per heavy atom. The summed E-state index contributed by atoms with van der Waals surface area (Å²) in [5.41, 5.74) is 0. The first-order valence-electron chi connectivity index (χ1n) is 4.81. The van der Waals surface area contributed by atoms with Crippen molar-refractivity contribution in [1.82, 2.24) is 9.62 Å². The van der Waals surface area contributed by atoms with E-state index in [2.05, 4.69) is 0 Å². The lowest BCUT2D eigenvalue weighted by Crippen LogP contribution is -2.44. The fourth-order valence-electron chi connectivity index (χ4n) is 1.64. The zero-order chi connectivity index (χ0) is 12.3. The van der Waals surface area contributed by atoms with Crippen molar-refractivity contribution in [3.8, 4) is 0 Å². The van der Waals surface area contributed by atoms with Crippen molar-refractivity contribution in [2.45, 2.75) is 18.9 Å². The topological polar surface area (TPSA) is 104 Å². The summed E-state index contributed by atoms with van der Waals surface area (Å²) in [7, 11) is -2.43. The number of carbonyl (C=O) groups is 2. The first-order chi connectivity index (χ1) is 7.37. The van der Waals surface area contributed by atoms with E-state index in [9.17, 15) is 18.0 Å². The molecular formula is C8H14N2O5S. The van der Waals surface area contributed by atoms with Crippen molar-refractivity contribution < 1.29 is 23.1 Å². The molecule has 0 aliphatic carbocycles. The number of likely N-dealkylation sites (tertiary alicyclic amines) is 1. The first kappa shape index (κ1) is 12.9. The number of amides is 1. The van der Waals surface area contributed by atoms with Crippen LogP contribution in [0.5, 0.6) is 0 Å². The molecule has 1 atom stereocenters. The van der Waals surface area contributed by atoms with E-state index < -0.39 is 33.7 Å². The lowest BCUT2D eigenvalue weighted by atomic mass is 10.2. The molecule has 1 aliphatic rings.